The van der Waals surface area contributed by atoms with Crippen molar-refractivity contribution in [3.8, 4) is 11.5 Å². The number of carbonyl (C=O) groups is 3. The van der Waals surface area contributed by atoms with E-state index in [2.05, 4.69) is 4.74 Å². The molecular formula is C21H17NO9. The molecule has 1 saturated heterocycles. The summed E-state index contributed by atoms with van der Waals surface area (Å²) in [7, 11) is 1.14. The minimum atomic E-state index is -1.35. The Hall–Kier alpha value is -4.21. The summed E-state index contributed by atoms with van der Waals surface area (Å²) >= 11 is 0. The fourth-order valence-electron chi connectivity index (χ4n) is 2.73. The third-order valence-electron chi connectivity index (χ3n) is 4.09. The van der Waals surface area contributed by atoms with Gasteiger partial charge in [0.15, 0.2) is 0 Å². The molecule has 0 amide bonds. The molecule has 0 radical (unpaired) electrons. The van der Waals surface area contributed by atoms with Gasteiger partial charge in [-0.05, 0) is 29.8 Å². The van der Waals surface area contributed by atoms with Gasteiger partial charge in [-0.15, -0.1) is 0 Å². The number of methoxy groups -OCH3 is 1. The molecule has 0 aliphatic carbocycles. The first kappa shape index (κ1) is 21.5. The van der Waals surface area contributed by atoms with E-state index in [1.54, 1.807) is 18.2 Å². The number of hydrogen-bond acceptors (Lipinski definition) is 9. The number of cyclic esters (lactones) is 2. The second-order valence-electron chi connectivity index (χ2n) is 6.84. The van der Waals surface area contributed by atoms with Gasteiger partial charge in [0.1, 0.15) is 22.6 Å². The van der Waals surface area contributed by atoms with Crippen LogP contribution in [0.1, 0.15) is 29.8 Å². The number of nitrogens with zero attached hydrogens (tertiary/aromatic N) is 1. The molecule has 0 aromatic heterocycles. The smallest absolute Gasteiger partial charge is 0.348 e. The maximum absolute atomic E-state index is 12.1. The van der Waals surface area contributed by atoms with Crippen molar-refractivity contribution in [2.75, 3.05) is 7.11 Å². The van der Waals surface area contributed by atoms with Crippen LogP contribution >= 0.6 is 0 Å². The van der Waals surface area contributed by atoms with E-state index in [-0.39, 0.29) is 28.3 Å². The molecule has 1 fully saturated rings. The first-order chi connectivity index (χ1) is 14.6. The van der Waals surface area contributed by atoms with Crippen molar-refractivity contribution in [3.05, 3.63) is 69.3 Å². The monoisotopic (exact) mass is 427 g/mol. The zero-order chi connectivity index (χ0) is 22.8. The summed E-state index contributed by atoms with van der Waals surface area (Å²) in [5.74, 6) is -3.54. The third kappa shape index (κ3) is 4.86. The van der Waals surface area contributed by atoms with Gasteiger partial charge in [-0.3, -0.25) is 10.1 Å². The van der Waals surface area contributed by atoms with Crippen LogP contribution in [0.2, 0.25) is 0 Å². The van der Waals surface area contributed by atoms with Crippen LogP contribution in [0.3, 0.4) is 0 Å². The molecule has 0 unspecified atom stereocenters. The molecule has 1 aliphatic rings. The Labute approximate surface area is 176 Å². The van der Waals surface area contributed by atoms with Crippen LogP contribution in [-0.4, -0.2) is 35.7 Å². The SMILES string of the molecule is COC(=O)c1cc([N+](=O)[O-])ccc1Oc1cccc(C=C2C(=O)OC(C)(C)OC2=O)c1. The molecule has 0 bridgehead atoms. The Morgan fingerprint density at radius 2 is 1.77 bits per heavy atom. The van der Waals surface area contributed by atoms with E-state index in [9.17, 15) is 24.5 Å². The Balaban J connectivity index is 1.91. The first-order valence-electron chi connectivity index (χ1n) is 8.92. The maximum atomic E-state index is 12.1. The van der Waals surface area contributed by atoms with Gasteiger partial charge in [0.2, 0.25) is 0 Å². The predicted molar refractivity (Wildman–Crippen MR) is 105 cm³/mol. The molecule has 0 N–H and O–H groups in total. The highest BCUT2D eigenvalue weighted by Gasteiger charge is 2.38. The van der Waals surface area contributed by atoms with Crippen molar-refractivity contribution in [2.24, 2.45) is 0 Å². The van der Waals surface area contributed by atoms with Crippen molar-refractivity contribution in [1.82, 2.24) is 0 Å². The Morgan fingerprint density at radius 3 is 2.39 bits per heavy atom. The average molecular weight is 427 g/mol. The zero-order valence-corrected chi connectivity index (χ0v) is 16.7. The summed E-state index contributed by atoms with van der Waals surface area (Å²) in [4.78, 5) is 46.6. The minimum Gasteiger partial charge on any atom is -0.465 e. The molecule has 1 aliphatic heterocycles. The lowest BCUT2D eigenvalue weighted by molar-refractivity contribution is -0.384. The van der Waals surface area contributed by atoms with Crippen LogP contribution in [0.4, 0.5) is 5.69 Å². The number of non-ortho nitro benzene ring substituents is 1. The number of esters is 3. The summed E-state index contributed by atoms with van der Waals surface area (Å²) in [5.41, 5.74) is -0.310. The van der Waals surface area contributed by atoms with Gasteiger partial charge in [0, 0.05) is 26.0 Å². The molecule has 31 heavy (non-hydrogen) atoms. The van der Waals surface area contributed by atoms with Crippen LogP contribution in [0.25, 0.3) is 6.08 Å². The van der Waals surface area contributed by atoms with Gasteiger partial charge in [-0.25, -0.2) is 14.4 Å². The summed E-state index contributed by atoms with van der Waals surface area (Å²) in [6.07, 6.45) is 1.28. The first-order valence-corrected chi connectivity index (χ1v) is 8.92. The van der Waals surface area contributed by atoms with Gasteiger partial charge in [0.25, 0.3) is 11.5 Å². The minimum absolute atomic E-state index is 0.0282. The topological polar surface area (TPSA) is 131 Å². The second-order valence-corrected chi connectivity index (χ2v) is 6.84. The van der Waals surface area contributed by atoms with E-state index >= 15 is 0 Å². The number of ether oxygens (including phenoxy) is 4. The molecule has 2 aromatic rings. The largest absolute Gasteiger partial charge is 0.465 e. The van der Waals surface area contributed by atoms with Gasteiger partial charge < -0.3 is 18.9 Å². The molecule has 160 valence electrons. The van der Waals surface area contributed by atoms with Gasteiger partial charge in [-0.2, -0.15) is 0 Å². The molecule has 0 atom stereocenters. The summed E-state index contributed by atoms with van der Waals surface area (Å²) in [6.45, 7) is 2.88. The Kier molecular flexibility index (Phi) is 5.73. The van der Waals surface area contributed by atoms with Crippen LogP contribution in [0, 0.1) is 10.1 Å². The number of carbonyl (C=O) groups excluding carboxylic acids is 3. The van der Waals surface area contributed by atoms with Gasteiger partial charge in [-0.1, -0.05) is 12.1 Å². The number of hydrogen-bond donors (Lipinski definition) is 0. The van der Waals surface area contributed by atoms with E-state index in [4.69, 9.17) is 14.2 Å². The molecule has 3 rings (SSSR count). The van der Waals surface area contributed by atoms with Crippen molar-refractivity contribution in [3.63, 3.8) is 0 Å². The van der Waals surface area contributed by atoms with E-state index < -0.39 is 28.6 Å². The van der Waals surface area contributed by atoms with Crippen LogP contribution in [0.5, 0.6) is 11.5 Å². The predicted octanol–water partition coefficient (Wildman–Crippen LogP) is 3.39. The number of rotatable bonds is 5. The highest BCUT2D eigenvalue weighted by molar-refractivity contribution is 6.18. The molecule has 1 heterocycles. The fraction of sp³-hybridized carbons (Fsp3) is 0.190. The van der Waals surface area contributed by atoms with Crippen molar-refractivity contribution in [1.29, 1.82) is 0 Å². The summed E-state index contributed by atoms with van der Waals surface area (Å²) in [6, 6.07) is 9.76. The van der Waals surface area contributed by atoms with Crippen LogP contribution in [-0.2, 0) is 23.8 Å². The van der Waals surface area contributed by atoms with Crippen LogP contribution < -0.4 is 4.74 Å². The summed E-state index contributed by atoms with van der Waals surface area (Å²) < 4.78 is 20.5. The molecular weight excluding hydrogens is 410 g/mol. The lowest BCUT2D eigenvalue weighted by atomic mass is 10.1. The van der Waals surface area contributed by atoms with E-state index in [1.807, 2.05) is 0 Å². The molecule has 0 saturated carbocycles. The Morgan fingerprint density at radius 1 is 1.10 bits per heavy atom. The zero-order valence-electron chi connectivity index (χ0n) is 16.7. The fourth-order valence-corrected chi connectivity index (χ4v) is 2.73. The molecule has 10 heteroatoms. The van der Waals surface area contributed by atoms with E-state index in [1.165, 1.54) is 38.1 Å². The second kappa shape index (κ2) is 8.27. The highest BCUT2D eigenvalue weighted by atomic mass is 16.7. The van der Waals surface area contributed by atoms with Crippen LogP contribution in [0.15, 0.2) is 48.0 Å². The van der Waals surface area contributed by atoms with Gasteiger partial charge in [0.05, 0.1) is 12.0 Å². The Bertz CT molecular complexity index is 1100. The summed E-state index contributed by atoms with van der Waals surface area (Å²) in [5, 5.41) is 11.0. The number of benzene rings is 2. The number of nitro groups is 1. The quantitative estimate of drug-likeness (QED) is 0.231. The molecule has 2 aromatic carbocycles. The lowest BCUT2D eigenvalue weighted by Gasteiger charge is -2.29. The highest BCUT2D eigenvalue weighted by Crippen LogP contribution is 2.31. The maximum Gasteiger partial charge on any atom is 0.348 e. The molecule has 10 nitrogen and oxygen atoms in total. The number of nitro benzene ring substituents is 1. The van der Waals surface area contributed by atoms with E-state index in [0.717, 1.165) is 13.2 Å². The standard InChI is InChI=1S/C21H17NO9/c1-21(2)30-19(24)16(20(25)31-21)10-12-5-4-6-14(9-12)29-17-8-7-13(22(26)27)11-15(17)18(23)28-3/h4-11H,1-3H3. The normalized spacial score (nSPS) is 14.9. The van der Waals surface area contributed by atoms with E-state index in [0.29, 0.717) is 5.56 Å². The van der Waals surface area contributed by atoms with Crippen molar-refractivity contribution < 1.29 is 38.3 Å². The van der Waals surface area contributed by atoms with Crippen molar-refractivity contribution in [2.45, 2.75) is 19.6 Å². The molecule has 0 spiro atoms. The van der Waals surface area contributed by atoms with Crippen molar-refractivity contribution >= 4 is 29.7 Å². The third-order valence-corrected chi connectivity index (χ3v) is 4.09. The van der Waals surface area contributed by atoms with Gasteiger partial charge >= 0.3 is 17.9 Å². The average Bonchev–Trinajstić information content (AvgIpc) is 2.70. The lowest BCUT2D eigenvalue weighted by Crippen LogP contribution is -2.41.